The first-order valence-electron chi connectivity index (χ1n) is 3.59. The fourth-order valence-corrected chi connectivity index (χ4v) is 0.799. The summed E-state index contributed by atoms with van der Waals surface area (Å²) in [5.74, 6) is -0.731. The van der Waals surface area contributed by atoms with E-state index in [0.29, 0.717) is 4.68 Å². The van der Waals surface area contributed by atoms with Gasteiger partial charge >= 0.3 is 12.0 Å². The maximum Gasteiger partial charge on any atom is 0.491 e. The standard InChI is InChI=1S/C5H3Cl3N4O4/c6-5(7,8)1-16-4(13)11-2-9-3(10-11)12(14)15/h2H,1H2. The summed E-state index contributed by atoms with van der Waals surface area (Å²) >= 11 is 16.0. The second kappa shape index (κ2) is 4.81. The van der Waals surface area contributed by atoms with E-state index in [-0.39, 0.29) is 0 Å². The maximum absolute atomic E-state index is 11.2. The highest BCUT2D eigenvalue weighted by molar-refractivity contribution is 6.67. The van der Waals surface area contributed by atoms with E-state index in [0.717, 1.165) is 6.33 Å². The van der Waals surface area contributed by atoms with Crippen LogP contribution in [0, 0.1) is 10.1 Å². The number of nitrogens with zero attached hydrogens (tertiary/aromatic N) is 4. The van der Waals surface area contributed by atoms with E-state index in [1.807, 2.05) is 0 Å². The number of nitro groups is 1. The van der Waals surface area contributed by atoms with Crippen LogP contribution < -0.4 is 0 Å². The van der Waals surface area contributed by atoms with E-state index in [2.05, 4.69) is 14.8 Å². The van der Waals surface area contributed by atoms with Gasteiger partial charge in [0.2, 0.25) is 10.1 Å². The van der Waals surface area contributed by atoms with Crippen molar-refractivity contribution in [3.8, 4) is 0 Å². The van der Waals surface area contributed by atoms with Crippen molar-refractivity contribution < 1.29 is 14.5 Å². The van der Waals surface area contributed by atoms with Crippen molar-refractivity contribution >= 4 is 46.8 Å². The number of hydrogen-bond acceptors (Lipinski definition) is 6. The number of ether oxygens (including phenoxy) is 1. The van der Waals surface area contributed by atoms with Crippen LogP contribution >= 0.6 is 34.8 Å². The molecule has 1 aromatic rings. The lowest BCUT2D eigenvalue weighted by molar-refractivity contribution is -0.394. The molecule has 0 amide bonds. The summed E-state index contributed by atoms with van der Waals surface area (Å²) in [5, 5.41) is 13.4. The molecule has 0 fully saturated rings. The first kappa shape index (κ1) is 12.9. The molecule has 0 N–H and O–H groups in total. The molecule has 11 heteroatoms. The Hall–Kier alpha value is -1.12. The van der Waals surface area contributed by atoms with E-state index >= 15 is 0 Å². The van der Waals surface area contributed by atoms with Gasteiger partial charge in [0, 0.05) is 5.10 Å². The van der Waals surface area contributed by atoms with E-state index in [1.165, 1.54) is 0 Å². The third-order valence-corrected chi connectivity index (χ3v) is 1.52. The molecule has 0 unspecified atom stereocenters. The van der Waals surface area contributed by atoms with Gasteiger partial charge in [0.1, 0.15) is 6.61 Å². The predicted molar refractivity (Wildman–Crippen MR) is 53.7 cm³/mol. The quantitative estimate of drug-likeness (QED) is 0.465. The van der Waals surface area contributed by atoms with Crippen molar-refractivity contribution in [2.45, 2.75) is 3.79 Å². The molecule has 0 aliphatic rings. The average molecular weight is 289 g/mol. The van der Waals surface area contributed by atoms with Crippen LogP contribution in [0.1, 0.15) is 0 Å². The van der Waals surface area contributed by atoms with Gasteiger partial charge in [-0.05, 0) is 4.92 Å². The summed E-state index contributed by atoms with van der Waals surface area (Å²) in [6, 6.07) is 0. The van der Waals surface area contributed by atoms with Gasteiger partial charge in [-0.15, -0.1) is 0 Å². The Labute approximate surface area is 103 Å². The molecule has 0 saturated heterocycles. The third-order valence-electron chi connectivity index (χ3n) is 1.19. The molecule has 1 rings (SSSR count). The molecule has 1 heterocycles. The Kier molecular flexibility index (Phi) is 3.89. The summed E-state index contributed by atoms with van der Waals surface area (Å²) in [4.78, 5) is 23.7. The van der Waals surface area contributed by atoms with Crippen LogP contribution in [0.25, 0.3) is 0 Å². The normalized spacial score (nSPS) is 11.2. The van der Waals surface area contributed by atoms with E-state index in [9.17, 15) is 14.9 Å². The van der Waals surface area contributed by atoms with Gasteiger partial charge in [0.05, 0.1) is 0 Å². The van der Waals surface area contributed by atoms with Gasteiger partial charge in [-0.2, -0.15) is 0 Å². The molecular weight excluding hydrogens is 286 g/mol. The van der Waals surface area contributed by atoms with Crippen LogP contribution in [0.3, 0.4) is 0 Å². The Morgan fingerprint density at radius 3 is 2.69 bits per heavy atom. The summed E-state index contributed by atoms with van der Waals surface area (Å²) in [6.45, 7) is -0.510. The molecule has 0 radical (unpaired) electrons. The molecule has 0 bridgehead atoms. The van der Waals surface area contributed by atoms with Gasteiger partial charge in [0.15, 0.2) is 0 Å². The average Bonchev–Trinajstić information content (AvgIpc) is 2.61. The summed E-state index contributed by atoms with van der Waals surface area (Å²) < 4.78 is 3.25. The van der Waals surface area contributed by atoms with E-state index in [1.54, 1.807) is 0 Å². The molecular formula is C5H3Cl3N4O4. The molecule has 8 nitrogen and oxygen atoms in total. The lowest BCUT2D eigenvalue weighted by Gasteiger charge is -2.09. The monoisotopic (exact) mass is 288 g/mol. The summed E-state index contributed by atoms with van der Waals surface area (Å²) in [6.07, 6.45) is -0.217. The van der Waals surface area contributed by atoms with Crippen molar-refractivity contribution in [3.05, 3.63) is 16.4 Å². The summed E-state index contributed by atoms with van der Waals surface area (Å²) in [5.41, 5.74) is 0. The predicted octanol–water partition coefficient (Wildman–Crippen LogP) is 1.54. The minimum Gasteiger partial charge on any atom is -0.442 e. The van der Waals surface area contributed by atoms with Crippen LogP contribution in [-0.2, 0) is 4.74 Å². The number of carbonyl (C=O) groups excluding carboxylic acids is 1. The number of alkyl halides is 3. The molecule has 88 valence electrons. The maximum atomic E-state index is 11.2. The second-order valence-electron chi connectivity index (χ2n) is 2.42. The lowest BCUT2D eigenvalue weighted by Crippen LogP contribution is -2.21. The van der Waals surface area contributed by atoms with E-state index < -0.39 is 27.4 Å². The van der Waals surface area contributed by atoms with Crippen LogP contribution in [-0.4, -0.2) is 36.2 Å². The Morgan fingerprint density at radius 1 is 1.62 bits per heavy atom. The Balaban J connectivity index is 2.63. The number of carbonyl (C=O) groups is 1. The highest BCUT2D eigenvalue weighted by atomic mass is 35.6. The molecule has 0 aromatic carbocycles. The van der Waals surface area contributed by atoms with Gasteiger partial charge < -0.3 is 14.9 Å². The third kappa shape index (κ3) is 3.80. The van der Waals surface area contributed by atoms with Crippen LogP contribution in [0.2, 0.25) is 0 Å². The number of rotatable bonds is 2. The van der Waals surface area contributed by atoms with Crippen molar-refractivity contribution in [1.82, 2.24) is 14.8 Å². The zero-order valence-corrected chi connectivity index (χ0v) is 9.61. The molecule has 0 aliphatic carbocycles. The minimum atomic E-state index is -1.76. The molecule has 0 spiro atoms. The number of hydrogen-bond donors (Lipinski definition) is 0. The molecule has 0 saturated carbocycles. The number of aromatic nitrogens is 3. The van der Waals surface area contributed by atoms with Crippen molar-refractivity contribution in [2.75, 3.05) is 6.61 Å². The lowest BCUT2D eigenvalue weighted by atomic mass is 10.8. The molecule has 1 aromatic heterocycles. The van der Waals surface area contributed by atoms with Gasteiger partial charge in [-0.1, -0.05) is 44.5 Å². The summed E-state index contributed by atoms with van der Waals surface area (Å²) in [7, 11) is 0. The van der Waals surface area contributed by atoms with Crippen LogP contribution in [0.15, 0.2) is 6.33 Å². The van der Waals surface area contributed by atoms with Crippen LogP contribution in [0.5, 0.6) is 0 Å². The second-order valence-corrected chi connectivity index (χ2v) is 4.93. The highest BCUT2D eigenvalue weighted by Gasteiger charge is 2.25. The topological polar surface area (TPSA) is 100 Å². The largest absolute Gasteiger partial charge is 0.491 e. The van der Waals surface area contributed by atoms with Crippen molar-refractivity contribution in [3.63, 3.8) is 0 Å². The molecule has 0 atom stereocenters. The fraction of sp³-hybridized carbons (Fsp3) is 0.400. The first-order chi connectivity index (χ1) is 7.29. The van der Waals surface area contributed by atoms with Crippen LogP contribution in [0.4, 0.5) is 10.7 Å². The molecule has 0 aliphatic heterocycles. The molecule has 16 heavy (non-hydrogen) atoms. The Bertz CT molecular complexity index is 414. The highest BCUT2D eigenvalue weighted by Crippen LogP contribution is 2.25. The smallest absolute Gasteiger partial charge is 0.442 e. The van der Waals surface area contributed by atoms with Gasteiger partial charge in [0.25, 0.3) is 0 Å². The minimum absolute atomic E-state index is 0.510. The van der Waals surface area contributed by atoms with Crippen molar-refractivity contribution in [1.29, 1.82) is 0 Å². The van der Waals surface area contributed by atoms with E-state index in [4.69, 9.17) is 34.8 Å². The van der Waals surface area contributed by atoms with Crippen molar-refractivity contribution in [2.24, 2.45) is 0 Å². The SMILES string of the molecule is O=C(OCC(Cl)(Cl)Cl)n1cnc([N+](=O)[O-])n1. The van der Waals surface area contributed by atoms with Gasteiger partial charge in [-0.3, -0.25) is 0 Å². The first-order valence-corrected chi connectivity index (χ1v) is 4.73. The van der Waals surface area contributed by atoms with Gasteiger partial charge in [-0.25, -0.2) is 4.79 Å². The Morgan fingerprint density at radius 2 is 2.25 bits per heavy atom. The zero-order chi connectivity index (χ0) is 12.3. The fourth-order valence-electron chi connectivity index (χ4n) is 0.636. The zero-order valence-electron chi connectivity index (χ0n) is 7.34. The number of halogens is 3.